The lowest BCUT2D eigenvalue weighted by atomic mass is 9.94. The molecular formula is C23H29N3O6S. The van der Waals surface area contributed by atoms with Gasteiger partial charge in [0.2, 0.25) is 21.8 Å². The summed E-state index contributed by atoms with van der Waals surface area (Å²) in [6, 6.07) is 14.6. The molecule has 9 nitrogen and oxygen atoms in total. The van der Waals surface area contributed by atoms with Crippen LogP contribution in [0.25, 0.3) is 0 Å². The van der Waals surface area contributed by atoms with Crippen LogP contribution < -0.4 is 14.8 Å². The zero-order valence-electron chi connectivity index (χ0n) is 19.2. The molecule has 178 valence electrons. The van der Waals surface area contributed by atoms with Crippen molar-refractivity contribution in [3.63, 3.8) is 0 Å². The third kappa shape index (κ3) is 5.28. The molecule has 33 heavy (non-hydrogen) atoms. The molecule has 1 aliphatic rings. The molecule has 2 amide bonds. The Bertz CT molecular complexity index is 1120. The summed E-state index contributed by atoms with van der Waals surface area (Å²) in [5, 5.41) is 2.86. The smallest absolute Gasteiger partial charge is 0.247 e. The number of piperazine rings is 1. The average Bonchev–Trinajstić information content (AvgIpc) is 2.79. The van der Waals surface area contributed by atoms with Crippen LogP contribution in [0.15, 0.2) is 48.5 Å². The van der Waals surface area contributed by atoms with E-state index in [2.05, 4.69) is 5.32 Å². The third-order valence-corrected chi connectivity index (χ3v) is 6.96. The number of sulfonamides is 1. The lowest BCUT2D eigenvalue weighted by Crippen LogP contribution is -2.69. The minimum atomic E-state index is -3.69. The molecule has 0 aromatic heterocycles. The molecule has 1 aliphatic heterocycles. The van der Waals surface area contributed by atoms with Gasteiger partial charge in [0.05, 0.1) is 33.6 Å². The number of rotatable bonds is 8. The van der Waals surface area contributed by atoms with E-state index in [4.69, 9.17) is 9.47 Å². The molecule has 2 aromatic carbocycles. The van der Waals surface area contributed by atoms with Gasteiger partial charge in [-0.15, -0.1) is 0 Å². The van der Waals surface area contributed by atoms with Crippen LogP contribution in [0.4, 0.5) is 0 Å². The predicted octanol–water partition coefficient (Wildman–Crippen LogP) is 1.38. The van der Waals surface area contributed by atoms with Crippen molar-refractivity contribution < 1.29 is 27.5 Å². The Morgan fingerprint density at radius 3 is 2.39 bits per heavy atom. The van der Waals surface area contributed by atoms with Crippen molar-refractivity contribution >= 4 is 21.8 Å². The summed E-state index contributed by atoms with van der Waals surface area (Å²) in [7, 11) is -0.680. The molecule has 0 bridgehead atoms. The van der Waals surface area contributed by atoms with Crippen LogP contribution in [-0.2, 0) is 32.7 Å². The summed E-state index contributed by atoms with van der Waals surface area (Å²) < 4.78 is 36.4. The van der Waals surface area contributed by atoms with E-state index in [-0.39, 0.29) is 26.2 Å². The normalized spacial score (nSPS) is 19.3. The molecule has 0 radical (unpaired) electrons. The molecule has 1 N–H and O–H groups in total. The predicted molar refractivity (Wildman–Crippen MR) is 123 cm³/mol. The topological polar surface area (TPSA) is 105 Å². The molecule has 1 atom stereocenters. The van der Waals surface area contributed by atoms with Gasteiger partial charge in [-0.3, -0.25) is 9.59 Å². The van der Waals surface area contributed by atoms with E-state index in [1.54, 1.807) is 25.1 Å². The SMILES string of the molecule is COc1cccc(CN2C(=O)CN(S(C)(=O)=O)C[C@@]2(C)C(=O)NCc2ccccc2)c1OC. The quantitative estimate of drug-likeness (QED) is 0.619. The Balaban J connectivity index is 1.95. The summed E-state index contributed by atoms with van der Waals surface area (Å²) in [6.07, 6.45) is 1.03. The molecular weight excluding hydrogens is 446 g/mol. The highest BCUT2D eigenvalue weighted by Gasteiger charge is 2.49. The molecule has 0 spiro atoms. The number of para-hydroxylation sites is 1. The fourth-order valence-electron chi connectivity index (χ4n) is 3.90. The highest BCUT2D eigenvalue weighted by atomic mass is 32.2. The van der Waals surface area contributed by atoms with E-state index in [0.29, 0.717) is 17.1 Å². The van der Waals surface area contributed by atoms with Gasteiger partial charge in [0.25, 0.3) is 0 Å². The number of carbonyl (C=O) groups excluding carboxylic acids is 2. The first kappa shape index (κ1) is 24.5. The lowest BCUT2D eigenvalue weighted by molar-refractivity contribution is -0.153. The maximum Gasteiger partial charge on any atom is 0.247 e. The number of amides is 2. The van der Waals surface area contributed by atoms with Gasteiger partial charge in [0, 0.05) is 18.7 Å². The van der Waals surface area contributed by atoms with Gasteiger partial charge in [0.15, 0.2) is 11.5 Å². The number of methoxy groups -OCH3 is 2. The van der Waals surface area contributed by atoms with Crippen LogP contribution in [0.2, 0.25) is 0 Å². The Labute approximate surface area is 194 Å². The van der Waals surface area contributed by atoms with Gasteiger partial charge in [0.1, 0.15) is 5.54 Å². The zero-order chi connectivity index (χ0) is 24.2. The highest BCUT2D eigenvalue weighted by molar-refractivity contribution is 7.88. The maximum absolute atomic E-state index is 13.4. The van der Waals surface area contributed by atoms with Gasteiger partial charge < -0.3 is 19.7 Å². The number of benzene rings is 2. The molecule has 1 fully saturated rings. The minimum Gasteiger partial charge on any atom is -0.493 e. The summed E-state index contributed by atoms with van der Waals surface area (Å²) in [5.74, 6) is 0.0154. The number of carbonyl (C=O) groups is 2. The van der Waals surface area contributed by atoms with Crippen LogP contribution in [0.3, 0.4) is 0 Å². The van der Waals surface area contributed by atoms with E-state index in [1.165, 1.54) is 19.1 Å². The first-order chi connectivity index (χ1) is 15.6. The third-order valence-electron chi connectivity index (χ3n) is 5.76. The van der Waals surface area contributed by atoms with Gasteiger partial charge in [-0.2, -0.15) is 4.31 Å². The maximum atomic E-state index is 13.4. The first-order valence-electron chi connectivity index (χ1n) is 10.4. The summed E-state index contributed by atoms with van der Waals surface area (Å²) in [4.78, 5) is 28.0. The largest absolute Gasteiger partial charge is 0.493 e. The fourth-order valence-corrected chi connectivity index (χ4v) is 4.74. The van der Waals surface area contributed by atoms with Crippen LogP contribution in [0.1, 0.15) is 18.1 Å². The minimum absolute atomic E-state index is 0.0477. The molecule has 0 saturated carbocycles. The molecule has 10 heteroatoms. The van der Waals surface area contributed by atoms with E-state index in [9.17, 15) is 18.0 Å². The summed E-state index contributed by atoms with van der Waals surface area (Å²) in [5.41, 5.74) is 0.0824. The molecule has 3 rings (SSSR count). The van der Waals surface area contributed by atoms with Crippen molar-refractivity contribution in [3.05, 3.63) is 59.7 Å². The average molecular weight is 476 g/mol. The van der Waals surface area contributed by atoms with Gasteiger partial charge in [-0.25, -0.2) is 8.42 Å². The van der Waals surface area contributed by atoms with E-state index < -0.39 is 27.4 Å². The van der Waals surface area contributed by atoms with Crippen LogP contribution in [0, 0.1) is 0 Å². The fraction of sp³-hybridized carbons (Fsp3) is 0.391. The Kier molecular flexibility index (Phi) is 7.28. The number of nitrogens with one attached hydrogen (secondary N) is 1. The van der Waals surface area contributed by atoms with Crippen molar-refractivity contribution in [1.29, 1.82) is 0 Å². The second-order valence-corrected chi connectivity index (χ2v) is 10.1. The number of hydrogen-bond acceptors (Lipinski definition) is 6. The molecule has 1 heterocycles. The van der Waals surface area contributed by atoms with E-state index >= 15 is 0 Å². The lowest BCUT2D eigenvalue weighted by Gasteiger charge is -2.46. The highest BCUT2D eigenvalue weighted by Crippen LogP contribution is 2.34. The van der Waals surface area contributed by atoms with Crippen molar-refractivity contribution in [2.45, 2.75) is 25.6 Å². The standard InChI is InChI=1S/C23H29N3O6S/c1-23(22(28)24-13-17-9-6-5-7-10-17)16-25(33(4,29)30)15-20(27)26(23)14-18-11-8-12-19(31-2)21(18)32-3/h5-12H,13-16H2,1-4H3,(H,24,28)/t23-/m0/s1. The van der Waals surface area contributed by atoms with Crippen molar-refractivity contribution in [2.24, 2.45) is 0 Å². The van der Waals surface area contributed by atoms with Crippen molar-refractivity contribution in [3.8, 4) is 11.5 Å². The molecule has 2 aromatic rings. The summed E-state index contributed by atoms with van der Waals surface area (Å²) in [6.45, 7) is 1.37. The Hall–Kier alpha value is -3.11. The Morgan fingerprint density at radius 2 is 1.79 bits per heavy atom. The van der Waals surface area contributed by atoms with Crippen LogP contribution in [-0.4, -0.2) is 68.5 Å². The van der Waals surface area contributed by atoms with E-state index in [1.807, 2.05) is 30.3 Å². The number of hydrogen-bond donors (Lipinski definition) is 1. The Morgan fingerprint density at radius 1 is 1.09 bits per heavy atom. The molecule has 0 aliphatic carbocycles. The first-order valence-corrected chi connectivity index (χ1v) is 12.2. The monoisotopic (exact) mass is 475 g/mol. The van der Waals surface area contributed by atoms with E-state index in [0.717, 1.165) is 16.1 Å². The second-order valence-electron chi connectivity index (χ2n) is 8.11. The molecule has 1 saturated heterocycles. The second kappa shape index (κ2) is 9.80. The van der Waals surface area contributed by atoms with Crippen molar-refractivity contribution in [2.75, 3.05) is 33.6 Å². The van der Waals surface area contributed by atoms with Crippen LogP contribution >= 0.6 is 0 Å². The van der Waals surface area contributed by atoms with Gasteiger partial charge in [-0.1, -0.05) is 42.5 Å². The van der Waals surface area contributed by atoms with Crippen molar-refractivity contribution in [1.82, 2.24) is 14.5 Å². The van der Waals surface area contributed by atoms with Gasteiger partial charge in [-0.05, 0) is 18.6 Å². The summed E-state index contributed by atoms with van der Waals surface area (Å²) >= 11 is 0. The van der Waals surface area contributed by atoms with Crippen LogP contribution in [0.5, 0.6) is 11.5 Å². The number of nitrogens with zero attached hydrogens (tertiary/aromatic N) is 2. The van der Waals surface area contributed by atoms with Gasteiger partial charge >= 0.3 is 0 Å². The number of ether oxygens (including phenoxy) is 2. The zero-order valence-corrected chi connectivity index (χ0v) is 20.0. The molecule has 0 unspecified atom stereocenters.